The molecule has 0 atom stereocenters. The highest BCUT2D eigenvalue weighted by molar-refractivity contribution is 8.12. The highest BCUT2D eigenvalue weighted by Crippen LogP contribution is 2.37. The topological polar surface area (TPSA) is 70.9 Å². The number of thiocarbonyl (C=S) groups is 1. The number of nitriles is 1. The Hall–Kier alpha value is -2.36. The third kappa shape index (κ3) is 5.16. The Labute approximate surface area is 206 Å². The lowest BCUT2D eigenvalue weighted by Crippen LogP contribution is -2.49. The Morgan fingerprint density at radius 2 is 1.85 bits per heavy atom. The normalized spacial score (nSPS) is 19.0. The van der Waals surface area contributed by atoms with Crippen LogP contribution in [0.3, 0.4) is 0 Å². The van der Waals surface area contributed by atoms with E-state index in [0.29, 0.717) is 26.1 Å². The maximum atomic E-state index is 13.4. The highest BCUT2D eigenvalue weighted by atomic mass is 32.2. The molecule has 34 heavy (non-hydrogen) atoms. The second-order valence-corrected chi connectivity index (χ2v) is 9.75. The Bertz CT molecular complexity index is 1020. The van der Waals surface area contributed by atoms with E-state index < -0.39 is 28.7 Å². The molecule has 2 aliphatic heterocycles. The minimum atomic E-state index is -4.73. The van der Waals surface area contributed by atoms with Gasteiger partial charge in [-0.05, 0) is 63.5 Å². The quantitative estimate of drug-likeness (QED) is 0.555. The summed E-state index contributed by atoms with van der Waals surface area (Å²) in [4.78, 5) is 31.9. The number of nitrogens with zero attached hydrogens (tertiary/aromatic N) is 5. The largest absolute Gasteiger partial charge is 0.417 e. The lowest BCUT2D eigenvalue weighted by molar-refractivity contribution is -0.137. The van der Waals surface area contributed by atoms with E-state index in [1.807, 2.05) is 4.90 Å². The van der Waals surface area contributed by atoms with Crippen LogP contribution in [0.25, 0.3) is 0 Å². The van der Waals surface area contributed by atoms with Gasteiger partial charge in [0.2, 0.25) is 0 Å². The summed E-state index contributed by atoms with van der Waals surface area (Å²) in [6, 6.07) is 4.72. The summed E-state index contributed by atoms with van der Waals surface area (Å²) in [5, 5.41) is 9.25. The second kappa shape index (κ2) is 10.1. The number of carbonyl (C=O) groups excluding carboxylic acids is 2. The Morgan fingerprint density at radius 3 is 2.41 bits per heavy atom. The SMILES string of the molecule is CSC(=O)N1CCN(CCCN2C(=S)N(c3ccc(C#N)c(C(F)(F)F)c3)C(=O)C2(C)C)CC1. The molecule has 0 aliphatic carbocycles. The van der Waals surface area contributed by atoms with Crippen LogP contribution in [-0.2, 0) is 11.0 Å². The van der Waals surface area contributed by atoms with E-state index in [9.17, 15) is 22.8 Å². The van der Waals surface area contributed by atoms with Crippen LogP contribution in [0.15, 0.2) is 18.2 Å². The first kappa shape index (κ1) is 26.2. The molecule has 0 bridgehead atoms. The highest BCUT2D eigenvalue weighted by Gasteiger charge is 2.49. The van der Waals surface area contributed by atoms with Gasteiger partial charge in [0.15, 0.2) is 5.11 Å². The fourth-order valence-corrected chi connectivity index (χ4v) is 5.13. The first-order valence-electron chi connectivity index (χ1n) is 10.7. The Kier molecular flexibility index (Phi) is 7.79. The Balaban J connectivity index is 1.69. The fraction of sp³-hybridized carbons (Fsp3) is 0.545. The minimum Gasteiger partial charge on any atom is -0.334 e. The van der Waals surface area contributed by atoms with Crippen molar-refractivity contribution < 1.29 is 22.8 Å². The van der Waals surface area contributed by atoms with Gasteiger partial charge in [-0.15, -0.1) is 0 Å². The summed E-state index contributed by atoms with van der Waals surface area (Å²) in [6.45, 7) is 7.46. The van der Waals surface area contributed by atoms with E-state index in [1.54, 1.807) is 31.1 Å². The maximum absolute atomic E-state index is 13.4. The van der Waals surface area contributed by atoms with E-state index >= 15 is 0 Å². The van der Waals surface area contributed by atoms with Gasteiger partial charge in [-0.25, -0.2) is 0 Å². The summed E-state index contributed by atoms with van der Waals surface area (Å²) in [5.74, 6) is -0.417. The van der Waals surface area contributed by atoms with E-state index in [2.05, 4.69) is 4.90 Å². The standard InChI is InChI=1S/C22H26F3N5O2S2/c1-21(2)18(31)30(16-6-5-15(14-26)17(13-16)22(23,24)25)19(33)29(21)8-4-7-27-9-11-28(12-10-27)20(32)34-3/h5-6,13H,4,7-12H2,1-3H3. The van der Waals surface area contributed by atoms with Crippen molar-refractivity contribution in [3.05, 3.63) is 29.3 Å². The lowest BCUT2D eigenvalue weighted by atomic mass is 10.0. The van der Waals surface area contributed by atoms with Gasteiger partial charge in [0.25, 0.3) is 11.1 Å². The third-order valence-electron chi connectivity index (χ3n) is 6.17. The summed E-state index contributed by atoms with van der Waals surface area (Å²) in [6.07, 6.45) is -2.27. The molecular formula is C22H26F3N5O2S2. The molecule has 0 unspecified atom stereocenters. The molecule has 7 nitrogen and oxygen atoms in total. The van der Waals surface area contributed by atoms with Gasteiger partial charge in [-0.1, -0.05) is 11.8 Å². The summed E-state index contributed by atoms with van der Waals surface area (Å²) < 4.78 is 40.3. The molecule has 12 heteroatoms. The number of amides is 2. The third-order valence-corrected chi connectivity index (χ3v) is 7.18. The molecule has 0 N–H and O–H groups in total. The van der Waals surface area contributed by atoms with Crippen molar-refractivity contribution in [2.75, 3.05) is 50.4 Å². The predicted molar refractivity (Wildman–Crippen MR) is 129 cm³/mol. The van der Waals surface area contributed by atoms with Gasteiger partial charge in [0.1, 0.15) is 5.54 Å². The number of carbonyl (C=O) groups is 2. The molecule has 1 aromatic rings. The Morgan fingerprint density at radius 1 is 1.21 bits per heavy atom. The summed E-state index contributed by atoms with van der Waals surface area (Å²) >= 11 is 6.72. The smallest absolute Gasteiger partial charge is 0.334 e. The number of hydrogen-bond donors (Lipinski definition) is 0. The molecule has 184 valence electrons. The maximum Gasteiger partial charge on any atom is 0.417 e. The van der Waals surface area contributed by atoms with Crippen molar-refractivity contribution >= 4 is 45.9 Å². The molecule has 2 fully saturated rings. The summed E-state index contributed by atoms with van der Waals surface area (Å²) in [7, 11) is 0. The van der Waals surface area contributed by atoms with E-state index in [-0.39, 0.29) is 16.0 Å². The average molecular weight is 514 g/mol. The van der Waals surface area contributed by atoms with Gasteiger partial charge >= 0.3 is 6.18 Å². The molecule has 1 aromatic carbocycles. The van der Waals surface area contributed by atoms with Crippen molar-refractivity contribution in [3.63, 3.8) is 0 Å². The van der Waals surface area contributed by atoms with Gasteiger partial charge in [-0.3, -0.25) is 19.4 Å². The fourth-order valence-electron chi connectivity index (χ4n) is 4.18. The second-order valence-electron chi connectivity index (χ2n) is 8.63. The molecule has 2 aliphatic rings. The van der Waals surface area contributed by atoms with Crippen LogP contribution in [-0.4, -0.2) is 82.0 Å². The molecule has 0 saturated carbocycles. The van der Waals surface area contributed by atoms with Crippen LogP contribution in [0.4, 0.5) is 23.7 Å². The predicted octanol–water partition coefficient (Wildman–Crippen LogP) is 3.78. The van der Waals surface area contributed by atoms with Crippen molar-refractivity contribution in [3.8, 4) is 6.07 Å². The van der Waals surface area contributed by atoms with Crippen LogP contribution in [0.1, 0.15) is 31.4 Å². The molecule has 2 saturated heterocycles. The average Bonchev–Trinajstić information content (AvgIpc) is 2.97. The van der Waals surface area contributed by atoms with E-state index in [0.717, 1.165) is 36.7 Å². The van der Waals surface area contributed by atoms with Crippen LogP contribution in [0.2, 0.25) is 0 Å². The molecule has 3 rings (SSSR count). The first-order valence-corrected chi connectivity index (χ1v) is 12.4. The zero-order valence-corrected chi connectivity index (χ0v) is 20.8. The van der Waals surface area contributed by atoms with Crippen molar-refractivity contribution in [1.29, 1.82) is 5.26 Å². The number of benzene rings is 1. The lowest BCUT2D eigenvalue weighted by Gasteiger charge is -2.35. The minimum absolute atomic E-state index is 0.00789. The number of piperazine rings is 1. The monoisotopic (exact) mass is 513 g/mol. The number of alkyl halides is 3. The number of anilines is 1. The zero-order valence-electron chi connectivity index (χ0n) is 19.2. The first-order chi connectivity index (χ1) is 15.9. The molecule has 0 spiro atoms. The van der Waals surface area contributed by atoms with Crippen LogP contribution >= 0.6 is 24.0 Å². The molecule has 0 aromatic heterocycles. The van der Waals surface area contributed by atoms with Crippen molar-refractivity contribution in [2.45, 2.75) is 32.0 Å². The zero-order chi connectivity index (χ0) is 25.3. The van der Waals surface area contributed by atoms with Gasteiger partial charge in [-0.2, -0.15) is 18.4 Å². The number of hydrogen-bond acceptors (Lipinski definition) is 6. The number of thioether (sulfide) groups is 1. The van der Waals surface area contributed by atoms with Gasteiger partial charge in [0, 0.05) is 32.7 Å². The number of rotatable bonds is 5. The van der Waals surface area contributed by atoms with Gasteiger partial charge in [0.05, 0.1) is 22.9 Å². The molecular weight excluding hydrogens is 487 g/mol. The number of halogens is 3. The molecule has 2 heterocycles. The van der Waals surface area contributed by atoms with E-state index in [4.69, 9.17) is 17.5 Å². The van der Waals surface area contributed by atoms with Crippen LogP contribution in [0, 0.1) is 11.3 Å². The van der Waals surface area contributed by atoms with E-state index in [1.165, 1.54) is 17.8 Å². The molecule has 0 radical (unpaired) electrons. The van der Waals surface area contributed by atoms with Crippen molar-refractivity contribution in [1.82, 2.24) is 14.7 Å². The van der Waals surface area contributed by atoms with Crippen LogP contribution in [0.5, 0.6) is 0 Å². The summed E-state index contributed by atoms with van der Waals surface area (Å²) in [5.41, 5.74) is -2.64. The van der Waals surface area contributed by atoms with Gasteiger partial charge < -0.3 is 9.80 Å². The molecule has 2 amide bonds. The van der Waals surface area contributed by atoms with Crippen molar-refractivity contribution in [2.24, 2.45) is 0 Å². The van der Waals surface area contributed by atoms with Crippen LogP contribution < -0.4 is 4.90 Å².